The first-order valence-electron chi connectivity index (χ1n) is 12.1. The summed E-state index contributed by atoms with van der Waals surface area (Å²) in [6.07, 6.45) is 4.70. The predicted molar refractivity (Wildman–Crippen MR) is 140 cm³/mol. The van der Waals surface area contributed by atoms with Crippen molar-refractivity contribution < 1.29 is 14.2 Å². The molecule has 0 spiro atoms. The number of H-pyrrole nitrogens is 1. The Labute approximate surface area is 218 Å². The Hall–Kier alpha value is -4.71. The summed E-state index contributed by atoms with van der Waals surface area (Å²) in [5, 5.41) is 15.6. The molecular formula is C26H28N8O4. The third-order valence-electron chi connectivity index (χ3n) is 6.10. The number of aromatic nitrogens is 5. The average Bonchev–Trinajstić information content (AvgIpc) is 3.33. The molecule has 38 heavy (non-hydrogen) atoms. The van der Waals surface area contributed by atoms with E-state index in [9.17, 15) is 4.79 Å². The van der Waals surface area contributed by atoms with Crippen molar-refractivity contribution in [1.82, 2.24) is 24.7 Å². The molecule has 0 amide bonds. The summed E-state index contributed by atoms with van der Waals surface area (Å²) in [6, 6.07) is 13.7. The fraction of sp³-hybridized carbons (Fsp3) is 0.269. The molecule has 0 saturated carbocycles. The van der Waals surface area contributed by atoms with Gasteiger partial charge in [0.15, 0.2) is 5.82 Å². The number of rotatable bonds is 9. The highest BCUT2D eigenvalue weighted by Gasteiger charge is 2.24. The zero-order chi connectivity index (χ0) is 26.5. The molecule has 1 saturated heterocycles. The lowest BCUT2D eigenvalue weighted by atomic mass is 10.0. The number of nitrogens with zero attached hydrogens (tertiary/aromatic N) is 4. The van der Waals surface area contributed by atoms with E-state index in [2.05, 4.69) is 25.4 Å². The quantitative estimate of drug-likeness (QED) is 0.193. The van der Waals surface area contributed by atoms with E-state index in [1.807, 2.05) is 18.2 Å². The van der Waals surface area contributed by atoms with Crippen molar-refractivity contribution in [3.8, 4) is 17.4 Å². The third kappa shape index (κ3) is 5.65. The normalized spacial score (nSPS) is 14.6. The molecule has 1 atom stereocenters. The molecule has 1 aliphatic rings. The molecule has 1 fully saturated rings. The Morgan fingerprint density at radius 3 is 2.55 bits per heavy atom. The molecular weight excluding hydrogens is 488 g/mol. The van der Waals surface area contributed by atoms with Crippen LogP contribution in [0.1, 0.15) is 35.8 Å². The van der Waals surface area contributed by atoms with Crippen LogP contribution in [-0.4, -0.2) is 57.0 Å². The molecule has 0 aliphatic carbocycles. The molecule has 1 aliphatic heterocycles. The van der Waals surface area contributed by atoms with Crippen LogP contribution >= 0.6 is 0 Å². The molecule has 4 aromatic rings. The minimum absolute atomic E-state index is 0.0262. The number of ether oxygens (including phenoxy) is 3. The van der Waals surface area contributed by atoms with Crippen LogP contribution in [0.5, 0.6) is 11.5 Å². The standard InChI is InChI=1S/C26H28N8O4/c1-36-20-13-17(14-21(15-20)38-19-7-11-37-12-8-19)22(31-18-5-3-16(4-6-18)23(27)28)24-32-26(35)34(33-24)25-29-9-2-10-30-25/h2-6,9-10,13-15,19,22,31H,7-8,11-12H2,1H3,(H3,27,28)(H,32,33,35). The number of benzene rings is 2. The third-order valence-corrected chi connectivity index (χ3v) is 6.10. The molecule has 5 rings (SSSR count). The first-order valence-corrected chi connectivity index (χ1v) is 12.1. The topological polar surface area (TPSA) is 166 Å². The maximum atomic E-state index is 12.8. The summed E-state index contributed by atoms with van der Waals surface area (Å²) >= 11 is 0. The highest BCUT2D eigenvalue weighted by molar-refractivity contribution is 5.95. The van der Waals surface area contributed by atoms with Gasteiger partial charge in [0.25, 0.3) is 5.95 Å². The van der Waals surface area contributed by atoms with Gasteiger partial charge in [0, 0.05) is 42.6 Å². The Morgan fingerprint density at radius 2 is 1.87 bits per heavy atom. The fourth-order valence-electron chi connectivity index (χ4n) is 4.16. The monoisotopic (exact) mass is 516 g/mol. The van der Waals surface area contributed by atoms with Crippen molar-refractivity contribution in [3.05, 3.63) is 88.4 Å². The zero-order valence-corrected chi connectivity index (χ0v) is 20.8. The number of nitrogens with one attached hydrogen (secondary N) is 3. The second kappa shape index (κ2) is 11.1. The second-order valence-electron chi connectivity index (χ2n) is 8.72. The molecule has 2 aromatic heterocycles. The lowest BCUT2D eigenvalue weighted by molar-refractivity contribution is 0.0255. The number of nitrogens with two attached hydrogens (primary N) is 1. The number of methoxy groups -OCH3 is 1. The number of hydrogen-bond donors (Lipinski definition) is 4. The van der Waals surface area contributed by atoms with Gasteiger partial charge in [-0.05, 0) is 48.0 Å². The van der Waals surface area contributed by atoms with Crippen LogP contribution in [0.4, 0.5) is 5.69 Å². The van der Waals surface area contributed by atoms with Gasteiger partial charge in [0.2, 0.25) is 0 Å². The number of anilines is 1. The van der Waals surface area contributed by atoms with Gasteiger partial charge in [-0.3, -0.25) is 10.4 Å². The van der Waals surface area contributed by atoms with Crippen LogP contribution in [0, 0.1) is 5.41 Å². The summed E-state index contributed by atoms with van der Waals surface area (Å²) in [5.41, 5.74) is 7.20. The minimum Gasteiger partial charge on any atom is -0.497 e. The average molecular weight is 517 g/mol. The van der Waals surface area contributed by atoms with Crippen molar-refractivity contribution in [2.24, 2.45) is 5.73 Å². The van der Waals surface area contributed by atoms with E-state index in [0.717, 1.165) is 28.8 Å². The molecule has 0 bridgehead atoms. The van der Waals surface area contributed by atoms with Crippen molar-refractivity contribution >= 4 is 11.5 Å². The molecule has 5 N–H and O–H groups in total. The molecule has 3 heterocycles. The van der Waals surface area contributed by atoms with Crippen molar-refractivity contribution in [1.29, 1.82) is 5.41 Å². The molecule has 1 unspecified atom stereocenters. The van der Waals surface area contributed by atoms with Gasteiger partial charge in [-0.25, -0.2) is 14.8 Å². The van der Waals surface area contributed by atoms with Gasteiger partial charge in [-0.2, -0.15) is 0 Å². The van der Waals surface area contributed by atoms with Crippen LogP contribution in [0.15, 0.2) is 65.7 Å². The van der Waals surface area contributed by atoms with Crippen LogP contribution in [0.3, 0.4) is 0 Å². The van der Waals surface area contributed by atoms with E-state index in [0.29, 0.717) is 36.1 Å². The second-order valence-corrected chi connectivity index (χ2v) is 8.72. The molecule has 12 nitrogen and oxygen atoms in total. The molecule has 196 valence electrons. The van der Waals surface area contributed by atoms with E-state index in [-0.39, 0.29) is 17.9 Å². The Bertz CT molecular complexity index is 1450. The summed E-state index contributed by atoms with van der Waals surface area (Å²) in [4.78, 5) is 23.9. The highest BCUT2D eigenvalue weighted by atomic mass is 16.5. The minimum atomic E-state index is -0.608. The Balaban J connectivity index is 1.55. The van der Waals surface area contributed by atoms with Gasteiger partial charge in [0.1, 0.15) is 29.5 Å². The van der Waals surface area contributed by atoms with Crippen LogP contribution < -0.4 is 26.2 Å². The molecule has 0 radical (unpaired) electrons. The number of aromatic amines is 1. The highest BCUT2D eigenvalue weighted by Crippen LogP contribution is 2.32. The summed E-state index contributed by atoms with van der Waals surface area (Å²) in [6.45, 7) is 1.31. The van der Waals surface area contributed by atoms with E-state index >= 15 is 0 Å². The van der Waals surface area contributed by atoms with E-state index in [1.165, 1.54) is 12.4 Å². The summed E-state index contributed by atoms with van der Waals surface area (Å²) in [5.74, 6) is 1.69. The zero-order valence-electron chi connectivity index (χ0n) is 20.8. The predicted octanol–water partition coefficient (Wildman–Crippen LogP) is 2.40. The van der Waals surface area contributed by atoms with Crippen LogP contribution in [-0.2, 0) is 4.74 Å². The number of amidine groups is 1. The Morgan fingerprint density at radius 1 is 1.16 bits per heavy atom. The molecule has 12 heteroatoms. The maximum absolute atomic E-state index is 12.8. The van der Waals surface area contributed by atoms with E-state index in [1.54, 1.807) is 37.4 Å². The van der Waals surface area contributed by atoms with Gasteiger partial charge in [0.05, 0.1) is 20.3 Å². The van der Waals surface area contributed by atoms with E-state index < -0.39 is 11.7 Å². The van der Waals surface area contributed by atoms with Gasteiger partial charge < -0.3 is 25.3 Å². The smallest absolute Gasteiger partial charge is 0.350 e. The van der Waals surface area contributed by atoms with Gasteiger partial charge >= 0.3 is 5.69 Å². The van der Waals surface area contributed by atoms with Crippen molar-refractivity contribution in [2.45, 2.75) is 25.0 Å². The maximum Gasteiger partial charge on any atom is 0.350 e. The van der Waals surface area contributed by atoms with Crippen molar-refractivity contribution in [2.75, 3.05) is 25.6 Å². The fourth-order valence-corrected chi connectivity index (χ4v) is 4.16. The van der Waals surface area contributed by atoms with Gasteiger partial charge in [-0.15, -0.1) is 9.78 Å². The lowest BCUT2D eigenvalue weighted by Crippen LogP contribution is -2.26. The summed E-state index contributed by atoms with van der Waals surface area (Å²) < 4.78 is 18.4. The SMILES string of the molecule is COc1cc(OC2CCOCC2)cc(C(Nc2ccc(C(=N)N)cc2)c2nn(-c3ncccn3)c(=O)[nH]2)c1. The van der Waals surface area contributed by atoms with Crippen molar-refractivity contribution in [3.63, 3.8) is 0 Å². The van der Waals surface area contributed by atoms with E-state index in [4.69, 9.17) is 25.4 Å². The first kappa shape index (κ1) is 25.0. The Kier molecular flexibility index (Phi) is 7.31. The molecule has 2 aromatic carbocycles. The number of hydrogen-bond acceptors (Lipinski definition) is 9. The largest absolute Gasteiger partial charge is 0.497 e. The van der Waals surface area contributed by atoms with Crippen LogP contribution in [0.2, 0.25) is 0 Å². The van der Waals surface area contributed by atoms with Crippen LogP contribution in [0.25, 0.3) is 5.95 Å². The van der Waals surface area contributed by atoms with Gasteiger partial charge in [-0.1, -0.05) is 0 Å². The number of nitrogen functional groups attached to an aromatic ring is 1. The lowest BCUT2D eigenvalue weighted by Gasteiger charge is -2.25. The summed E-state index contributed by atoms with van der Waals surface area (Å²) in [7, 11) is 1.59. The first-order chi connectivity index (χ1) is 18.5.